The van der Waals surface area contributed by atoms with Gasteiger partial charge in [-0.25, -0.2) is 0 Å². The summed E-state index contributed by atoms with van der Waals surface area (Å²) >= 11 is 0. The Hall–Kier alpha value is -1.66. The molecule has 104 valence electrons. The first-order valence-corrected chi connectivity index (χ1v) is 6.31. The summed E-state index contributed by atoms with van der Waals surface area (Å²) in [6, 6.07) is 3.36. The standard InChI is InChI=1S/C13H20N4O2/c1-9-7-17(8-13(2,3)19-9)12(18)11-6-10(16-14)4-5-15-11/h4-6,9H,7-8,14H2,1-3H3,(H,15,16). The molecule has 1 fully saturated rings. The van der Waals surface area contributed by atoms with Gasteiger partial charge < -0.3 is 15.1 Å². The normalized spacial score (nSPS) is 22.1. The second-order valence-corrected chi connectivity index (χ2v) is 5.45. The van der Waals surface area contributed by atoms with E-state index < -0.39 is 0 Å². The predicted octanol–water partition coefficient (Wildman–Crippen LogP) is 1.01. The molecule has 3 N–H and O–H groups in total. The molecule has 0 bridgehead atoms. The molecule has 6 nitrogen and oxygen atoms in total. The molecule has 1 aromatic heterocycles. The van der Waals surface area contributed by atoms with Crippen LogP contribution in [-0.4, -0.2) is 40.6 Å². The number of morpholine rings is 1. The van der Waals surface area contributed by atoms with Crippen LogP contribution in [0.2, 0.25) is 0 Å². The average Bonchev–Trinajstić information content (AvgIpc) is 2.35. The number of nitrogens with one attached hydrogen (secondary N) is 1. The highest BCUT2D eigenvalue weighted by molar-refractivity contribution is 5.93. The van der Waals surface area contributed by atoms with Gasteiger partial charge in [-0.05, 0) is 32.9 Å². The first kappa shape index (κ1) is 13.8. The van der Waals surface area contributed by atoms with Crippen molar-refractivity contribution in [3.05, 3.63) is 24.0 Å². The highest BCUT2D eigenvalue weighted by Gasteiger charge is 2.34. The Morgan fingerprint density at radius 1 is 1.63 bits per heavy atom. The van der Waals surface area contributed by atoms with E-state index >= 15 is 0 Å². The maximum absolute atomic E-state index is 12.4. The zero-order valence-corrected chi connectivity index (χ0v) is 11.5. The number of nitrogen functional groups attached to an aromatic ring is 1. The van der Waals surface area contributed by atoms with E-state index in [1.807, 2.05) is 20.8 Å². The van der Waals surface area contributed by atoms with Crippen LogP contribution in [0.3, 0.4) is 0 Å². The molecule has 19 heavy (non-hydrogen) atoms. The first-order chi connectivity index (χ1) is 8.91. The maximum Gasteiger partial charge on any atom is 0.272 e. The number of nitrogens with two attached hydrogens (primary N) is 1. The molecular formula is C13H20N4O2. The molecule has 1 unspecified atom stereocenters. The Balaban J connectivity index is 2.18. The molecule has 1 amide bonds. The summed E-state index contributed by atoms with van der Waals surface area (Å²) in [5, 5.41) is 0. The van der Waals surface area contributed by atoms with E-state index in [1.165, 1.54) is 0 Å². The fourth-order valence-corrected chi connectivity index (χ4v) is 2.41. The monoisotopic (exact) mass is 264 g/mol. The summed E-state index contributed by atoms with van der Waals surface area (Å²) < 4.78 is 5.79. The van der Waals surface area contributed by atoms with E-state index in [1.54, 1.807) is 23.2 Å². The molecule has 0 spiro atoms. The molecule has 2 rings (SSSR count). The van der Waals surface area contributed by atoms with Crippen molar-refractivity contribution in [2.75, 3.05) is 18.5 Å². The molecule has 0 radical (unpaired) electrons. The van der Waals surface area contributed by atoms with Gasteiger partial charge in [-0.2, -0.15) is 0 Å². The Morgan fingerprint density at radius 3 is 3.00 bits per heavy atom. The van der Waals surface area contributed by atoms with E-state index in [4.69, 9.17) is 10.6 Å². The van der Waals surface area contributed by atoms with Gasteiger partial charge in [-0.1, -0.05) is 0 Å². The molecule has 2 heterocycles. The average molecular weight is 264 g/mol. The largest absolute Gasteiger partial charge is 0.369 e. The number of hydrogen-bond donors (Lipinski definition) is 2. The summed E-state index contributed by atoms with van der Waals surface area (Å²) in [4.78, 5) is 18.3. The van der Waals surface area contributed by atoms with E-state index in [2.05, 4.69) is 10.4 Å². The third-order valence-electron chi connectivity index (χ3n) is 3.00. The van der Waals surface area contributed by atoms with Gasteiger partial charge in [0.25, 0.3) is 5.91 Å². The SMILES string of the molecule is CC1CN(C(=O)c2cc(NN)ccn2)CC(C)(C)O1. The number of ether oxygens (including phenoxy) is 1. The van der Waals surface area contributed by atoms with Crippen LogP contribution in [0.5, 0.6) is 0 Å². The summed E-state index contributed by atoms with van der Waals surface area (Å²) in [5.74, 6) is 5.24. The van der Waals surface area contributed by atoms with Crippen molar-refractivity contribution in [3.63, 3.8) is 0 Å². The van der Waals surface area contributed by atoms with Crippen molar-refractivity contribution in [1.82, 2.24) is 9.88 Å². The van der Waals surface area contributed by atoms with Crippen LogP contribution >= 0.6 is 0 Å². The van der Waals surface area contributed by atoms with Crippen LogP contribution in [0.25, 0.3) is 0 Å². The van der Waals surface area contributed by atoms with Crippen LogP contribution in [0.4, 0.5) is 5.69 Å². The smallest absolute Gasteiger partial charge is 0.272 e. The van der Waals surface area contributed by atoms with E-state index in [-0.39, 0.29) is 17.6 Å². The topological polar surface area (TPSA) is 80.5 Å². The molecule has 1 atom stereocenters. The molecule has 1 aliphatic heterocycles. The molecular weight excluding hydrogens is 244 g/mol. The predicted molar refractivity (Wildman–Crippen MR) is 72.6 cm³/mol. The Bertz CT molecular complexity index is 475. The van der Waals surface area contributed by atoms with Gasteiger partial charge >= 0.3 is 0 Å². The minimum atomic E-state index is -0.336. The van der Waals surface area contributed by atoms with Crippen molar-refractivity contribution in [2.45, 2.75) is 32.5 Å². The second kappa shape index (κ2) is 5.14. The highest BCUT2D eigenvalue weighted by Crippen LogP contribution is 2.22. The number of rotatable bonds is 2. The summed E-state index contributed by atoms with van der Waals surface area (Å²) in [5.41, 5.74) is 3.23. The van der Waals surface area contributed by atoms with Crippen molar-refractivity contribution in [2.24, 2.45) is 5.84 Å². The van der Waals surface area contributed by atoms with Gasteiger partial charge in [0.2, 0.25) is 0 Å². The zero-order chi connectivity index (χ0) is 14.0. The van der Waals surface area contributed by atoms with Crippen LogP contribution < -0.4 is 11.3 Å². The van der Waals surface area contributed by atoms with Crippen molar-refractivity contribution < 1.29 is 9.53 Å². The summed E-state index contributed by atoms with van der Waals surface area (Å²) in [6.07, 6.45) is 1.58. The molecule has 0 saturated carbocycles. The molecule has 6 heteroatoms. The number of carbonyl (C=O) groups excluding carboxylic acids is 1. The van der Waals surface area contributed by atoms with Gasteiger partial charge in [0.15, 0.2) is 0 Å². The molecule has 0 aliphatic carbocycles. The lowest BCUT2D eigenvalue weighted by molar-refractivity contribution is -0.118. The van der Waals surface area contributed by atoms with Gasteiger partial charge in [0.05, 0.1) is 17.4 Å². The Kier molecular flexibility index (Phi) is 3.73. The van der Waals surface area contributed by atoms with E-state index in [0.717, 1.165) is 0 Å². The number of aromatic nitrogens is 1. The van der Waals surface area contributed by atoms with Crippen LogP contribution in [0.15, 0.2) is 18.3 Å². The lowest BCUT2D eigenvalue weighted by atomic mass is 10.1. The number of nitrogens with zero attached hydrogens (tertiary/aromatic N) is 2. The minimum Gasteiger partial charge on any atom is -0.369 e. The van der Waals surface area contributed by atoms with Crippen LogP contribution in [0.1, 0.15) is 31.3 Å². The lowest BCUT2D eigenvalue weighted by Crippen LogP contribution is -2.53. The molecule has 0 aromatic carbocycles. The van der Waals surface area contributed by atoms with Crippen molar-refractivity contribution in [1.29, 1.82) is 0 Å². The highest BCUT2D eigenvalue weighted by atomic mass is 16.5. The van der Waals surface area contributed by atoms with Crippen LogP contribution in [-0.2, 0) is 4.74 Å². The van der Waals surface area contributed by atoms with Crippen molar-refractivity contribution in [3.8, 4) is 0 Å². The molecule has 1 aliphatic rings. The van der Waals surface area contributed by atoms with Gasteiger partial charge in [-0.3, -0.25) is 15.6 Å². The third-order valence-corrected chi connectivity index (χ3v) is 3.00. The lowest BCUT2D eigenvalue weighted by Gasteiger charge is -2.41. The number of pyridine rings is 1. The molecule has 1 saturated heterocycles. The number of hydrogen-bond acceptors (Lipinski definition) is 5. The fourth-order valence-electron chi connectivity index (χ4n) is 2.41. The number of amides is 1. The molecule has 1 aromatic rings. The summed E-state index contributed by atoms with van der Waals surface area (Å²) in [7, 11) is 0. The Morgan fingerprint density at radius 2 is 2.37 bits per heavy atom. The fraction of sp³-hybridized carbons (Fsp3) is 0.538. The van der Waals surface area contributed by atoms with Gasteiger partial charge in [0, 0.05) is 19.3 Å². The van der Waals surface area contributed by atoms with E-state index in [0.29, 0.717) is 24.5 Å². The van der Waals surface area contributed by atoms with E-state index in [9.17, 15) is 4.79 Å². The minimum absolute atomic E-state index is 0.0171. The quantitative estimate of drug-likeness (QED) is 0.615. The number of anilines is 1. The van der Waals surface area contributed by atoms with Crippen molar-refractivity contribution >= 4 is 11.6 Å². The second-order valence-electron chi connectivity index (χ2n) is 5.45. The van der Waals surface area contributed by atoms with Gasteiger partial charge in [0.1, 0.15) is 5.69 Å². The third kappa shape index (κ3) is 3.21. The number of carbonyl (C=O) groups is 1. The zero-order valence-electron chi connectivity index (χ0n) is 11.5. The first-order valence-electron chi connectivity index (χ1n) is 6.31. The maximum atomic E-state index is 12.4. The summed E-state index contributed by atoms with van der Waals surface area (Å²) in [6.45, 7) is 7.05. The van der Waals surface area contributed by atoms with Crippen LogP contribution in [0, 0.1) is 0 Å². The number of hydrazine groups is 1. The Labute approximate surface area is 112 Å². The van der Waals surface area contributed by atoms with Gasteiger partial charge in [-0.15, -0.1) is 0 Å².